The average molecular weight is 374 g/mol. The van der Waals surface area contributed by atoms with E-state index in [1.165, 1.54) is 4.90 Å². The van der Waals surface area contributed by atoms with Crippen molar-refractivity contribution >= 4 is 40.8 Å². The number of benzene rings is 2. The Morgan fingerprint density at radius 1 is 1.20 bits per heavy atom. The molecule has 8 heteroatoms. The molecule has 0 aliphatic heterocycles. The zero-order valence-electron chi connectivity index (χ0n) is 13.4. The fourth-order valence-corrected chi connectivity index (χ4v) is 2.79. The van der Waals surface area contributed by atoms with E-state index in [4.69, 9.17) is 11.6 Å². The number of hydrogen-bond donors (Lipinski definition) is 3. The Balaban J connectivity index is 1.65. The number of nitrogens with zero attached hydrogens (tertiary/aromatic N) is 2. The van der Waals surface area contributed by atoms with Crippen LogP contribution in [0.3, 0.4) is 0 Å². The molecule has 3 N–H and O–H groups in total. The molecule has 0 spiro atoms. The summed E-state index contributed by atoms with van der Waals surface area (Å²) in [6, 6.07) is 15.2. The van der Waals surface area contributed by atoms with Crippen LogP contribution in [-0.4, -0.2) is 27.6 Å². The van der Waals surface area contributed by atoms with Crippen molar-refractivity contribution in [3.8, 4) is 0 Å². The van der Waals surface area contributed by atoms with Crippen molar-refractivity contribution in [3.63, 3.8) is 0 Å². The van der Waals surface area contributed by atoms with E-state index in [9.17, 15) is 4.79 Å². The van der Waals surface area contributed by atoms with E-state index in [1.54, 1.807) is 23.9 Å². The molecule has 128 valence electrons. The molecule has 1 aromatic heterocycles. The molecule has 0 aliphatic rings. The minimum atomic E-state index is -0.313. The Kier molecular flexibility index (Phi) is 5.57. The number of anilines is 2. The molecule has 1 amide bonds. The Morgan fingerprint density at radius 2 is 2.00 bits per heavy atom. The van der Waals surface area contributed by atoms with Gasteiger partial charge in [0.25, 0.3) is 5.91 Å². The van der Waals surface area contributed by atoms with Gasteiger partial charge < -0.3 is 10.6 Å². The lowest BCUT2D eigenvalue weighted by Crippen LogP contribution is -2.24. The Hall–Kier alpha value is -2.51. The van der Waals surface area contributed by atoms with Gasteiger partial charge in [-0.2, -0.15) is 5.21 Å². The van der Waals surface area contributed by atoms with Gasteiger partial charge in [-0.05, 0) is 42.2 Å². The van der Waals surface area contributed by atoms with Crippen LogP contribution in [0.4, 0.5) is 11.5 Å². The molecule has 0 aliphatic carbocycles. The molecule has 0 bridgehead atoms. The number of nitrogens with one attached hydrogen (secondary N) is 3. The van der Waals surface area contributed by atoms with Crippen LogP contribution in [0.5, 0.6) is 0 Å². The van der Waals surface area contributed by atoms with Crippen molar-refractivity contribution < 1.29 is 4.79 Å². The highest BCUT2D eigenvalue weighted by atomic mass is 35.5. The van der Waals surface area contributed by atoms with E-state index in [1.807, 2.05) is 42.7 Å². The summed E-state index contributed by atoms with van der Waals surface area (Å²) in [6.07, 6.45) is 2.02. The molecule has 3 rings (SSSR count). The molecule has 0 fully saturated rings. The van der Waals surface area contributed by atoms with Crippen LogP contribution < -0.4 is 10.6 Å². The van der Waals surface area contributed by atoms with Gasteiger partial charge in [0, 0.05) is 22.2 Å². The van der Waals surface area contributed by atoms with E-state index in [0.29, 0.717) is 17.4 Å². The van der Waals surface area contributed by atoms with Gasteiger partial charge in [0.2, 0.25) is 0 Å². The average Bonchev–Trinajstić information content (AvgIpc) is 3.08. The molecule has 3 aromatic rings. The summed E-state index contributed by atoms with van der Waals surface area (Å²) >= 11 is 7.64. The van der Waals surface area contributed by atoms with Crippen LogP contribution in [0.1, 0.15) is 16.1 Å². The first-order valence-electron chi connectivity index (χ1n) is 7.50. The molecular weight excluding hydrogens is 358 g/mol. The van der Waals surface area contributed by atoms with Gasteiger partial charge in [0.1, 0.15) is 0 Å². The third-order valence-electron chi connectivity index (χ3n) is 3.46. The lowest BCUT2D eigenvalue weighted by molar-refractivity contribution is 0.0946. The number of halogens is 1. The lowest BCUT2D eigenvalue weighted by Gasteiger charge is -2.07. The van der Waals surface area contributed by atoms with Crippen molar-refractivity contribution in [1.82, 2.24) is 20.7 Å². The molecule has 1 heterocycles. The van der Waals surface area contributed by atoms with E-state index >= 15 is 0 Å². The van der Waals surface area contributed by atoms with Crippen LogP contribution in [0.2, 0.25) is 5.02 Å². The van der Waals surface area contributed by atoms with E-state index in [2.05, 4.69) is 26.0 Å². The summed E-state index contributed by atoms with van der Waals surface area (Å²) in [5.41, 5.74) is 1.93. The van der Waals surface area contributed by atoms with Gasteiger partial charge in [0.05, 0.1) is 0 Å². The number of carbonyl (C=O) groups excluding carboxylic acids is 1. The highest BCUT2D eigenvalue weighted by molar-refractivity contribution is 7.98. The number of thioether (sulfide) groups is 1. The third-order valence-corrected chi connectivity index (χ3v) is 4.44. The van der Waals surface area contributed by atoms with Gasteiger partial charge in [-0.3, -0.25) is 4.79 Å². The van der Waals surface area contributed by atoms with Gasteiger partial charge in [0.15, 0.2) is 11.5 Å². The zero-order chi connectivity index (χ0) is 17.6. The predicted octanol–water partition coefficient (Wildman–Crippen LogP) is 3.85. The number of carbonyl (C=O) groups is 1. The first-order chi connectivity index (χ1) is 12.2. The van der Waals surface area contributed by atoms with Crippen LogP contribution in [0.15, 0.2) is 53.4 Å². The summed E-state index contributed by atoms with van der Waals surface area (Å²) in [5.74, 6) is 0.0321. The highest BCUT2D eigenvalue weighted by Gasteiger charge is 2.16. The topological polar surface area (TPSA) is 82.7 Å². The van der Waals surface area contributed by atoms with Gasteiger partial charge in [-0.1, -0.05) is 29.8 Å². The van der Waals surface area contributed by atoms with E-state index in [-0.39, 0.29) is 11.6 Å². The molecule has 0 saturated carbocycles. The zero-order valence-corrected chi connectivity index (χ0v) is 15.0. The fourth-order valence-electron chi connectivity index (χ4n) is 2.19. The van der Waals surface area contributed by atoms with Crippen LogP contribution in [-0.2, 0) is 6.54 Å². The summed E-state index contributed by atoms with van der Waals surface area (Å²) < 4.78 is 0. The fraction of sp³-hybridized carbons (Fsp3) is 0.118. The highest BCUT2D eigenvalue weighted by Crippen LogP contribution is 2.20. The predicted molar refractivity (Wildman–Crippen MR) is 101 cm³/mol. The molecule has 0 unspecified atom stereocenters. The van der Waals surface area contributed by atoms with E-state index < -0.39 is 0 Å². The third kappa shape index (κ3) is 4.52. The molecule has 2 aromatic carbocycles. The Bertz CT molecular complexity index is 865. The summed E-state index contributed by atoms with van der Waals surface area (Å²) in [6.45, 7) is 0.414. The largest absolute Gasteiger partial charge is 0.346 e. The molecule has 0 saturated heterocycles. The van der Waals surface area contributed by atoms with Crippen LogP contribution in [0, 0.1) is 0 Å². The number of rotatable bonds is 6. The van der Waals surface area contributed by atoms with Crippen molar-refractivity contribution in [1.29, 1.82) is 0 Å². The second kappa shape index (κ2) is 8.04. The first kappa shape index (κ1) is 17.3. The second-order valence-corrected chi connectivity index (χ2v) is 6.50. The summed E-state index contributed by atoms with van der Waals surface area (Å²) in [5, 5.41) is 16.8. The van der Waals surface area contributed by atoms with Crippen molar-refractivity contribution in [2.45, 2.75) is 11.4 Å². The van der Waals surface area contributed by atoms with Gasteiger partial charge in [-0.25, -0.2) is 0 Å². The lowest BCUT2D eigenvalue weighted by atomic mass is 10.2. The van der Waals surface area contributed by atoms with Gasteiger partial charge >= 0.3 is 0 Å². The number of aromatic nitrogens is 3. The Morgan fingerprint density at radius 3 is 2.72 bits per heavy atom. The first-order valence-corrected chi connectivity index (χ1v) is 9.10. The summed E-state index contributed by atoms with van der Waals surface area (Å²) in [4.78, 5) is 13.6. The number of amides is 1. The van der Waals surface area contributed by atoms with Crippen LogP contribution >= 0.6 is 23.4 Å². The van der Waals surface area contributed by atoms with Crippen LogP contribution in [0.25, 0.3) is 0 Å². The monoisotopic (exact) mass is 373 g/mol. The van der Waals surface area contributed by atoms with Crippen molar-refractivity contribution in [2.24, 2.45) is 0 Å². The molecular formula is C17H16ClN5OS. The molecule has 0 atom stereocenters. The normalized spacial score (nSPS) is 10.5. The maximum absolute atomic E-state index is 12.4. The summed E-state index contributed by atoms with van der Waals surface area (Å²) in [7, 11) is 0. The minimum absolute atomic E-state index is 0.195. The maximum Gasteiger partial charge on any atom is 0.275 e. The molecule has 6 nitrogen and oxygen atoms in total. The second-order valence-electron chi connectivity index (χ2n) is 5.19. The number of hydrogen-bond acceptors (Lipinski definition) is 5. The van der Waals surface area contributed by atoms with Crippen molar-refractivity contribution in [2.75, 3.05) is 11.6 Å². The van der Waals surface area contributed by atoms with Crippen molar-refractivity contribution in [3.05, 3.63) is 64.8 Å². The smallest absolute Gasteiger partial charge is 0.275 e. The van der Waals surface area contributed by atoms with Gasteiger partial charge in [-0.15, -0.1) is 22.0 Å². The maximum atomic E-state index is 12.4. The molecule has 0 radical (unpaired) electrons. The number of H-pyrrole nitrogens is 1. The number of aromatic amines is 1. The SMILES string of the molecule is CSc1ccc(CNC(=O)c2n[nH]nc2Nc2cccc(Cl)c2)cc1. The minimum Gasteiger partial charge on any atom is -0.346 e. The molecule has 25 heavy (non-hydrogen) atoms. The quantitative estimate of drug-likeness (QED) is 0.571. The van der Waals surface area contributed by atoms with E-state index in [0.717, 1.165) is 11.3 Å². The Labute approximate surface area is 154 Å². The standard InChI is InChI=1S/C17H16ClN5OS/c1-25-14-7-5-11(6-8-14)10-19-17(24)15-16(22-23-21-15)20-13-4-2-3-12(18)9-13/h2-9H,10H2,1H3,(H,19,24)(H2,20,21,22,23).